The molecule has 0 spiro atoms. The normalized spacial score (nSPS) is 13.3. The number of fused-ring (bicyclic) bond motifs is 1. The number of hydrogen-bond donors (Lipinski definition) is 1. The van der Waals surface area contributed by atoms with Gasteiger partial charge in [0, 0.05) is 0 Å². The Morgan fingerprint density at radius 2 is 1.86 bits per heavy atom. The first-order valence-electron chi connectivity index (χ1n) is 6.60. The van der Waals surface area contributed by atoms with Crippen LogP contribution in [-0.4, -0.2) is 18.7 Å². The number of esters is 1. The Hall–Kier alpha value is -1.65. The largest absolute Gasteiger partial charge is 0.464 e. The zero-order valence-corrected chi connectivity index (χ0v) is 12.8. The number of nitrogens with two attached hydrogens (primary N) is 1. The quantitative estimate of drug-likeness (QED) is 0.880. The summed E-state index contributed by atoms with van der Waals surface area (Å²) >= 11 is 0. The first-order valence-corrected chi connectivity index (χ1v) is 6.60. The lowest BCUT2D eigenvalue weighted by molar-refractivity contribution is -0.149. The third kappa shape index (κ3) is 3.52. The van der Waals surface area contributed by atoms with Gasteiger partial charge < -0.3 is 10.5 Å². The van der Waals surface area contributed by atoms with Crippen molar-refractivity contribution in [3.8, 4) is 0 Å². The van der Waals surface area contributed by atoms with Crippen molar-refractivity contribution in [3.63, 3.8) is 0 Å². The fraction of sp³-hybridized carbons (Fsp3) is 0.312. The van der Waals surface area contributed by atoms with E-state index < -0.39 is 18.2 Å². The summed E-state index contributed by atoms with van der Waals surface area (Å²) in [4.78, 5) is 11.5. The monoisotopic (exact) mass is 311 g/mol. The highest BCUT2D eigenvalue weighted by Gasteiger charge is 2.28. The molecule has 5 heteroatoms. The van der Waals surface area contributed by atoms with Gasteiger partial charge in [-0.05, 0) is 35.7 Å². The molecule has 2 aromatic carbocycles. The van der Waals surface area contributed by atoms with E-state index in [-0.39, 0.29) is 19.0 Å². The van der Waals surface area contributed by atoms with Gasteiger partial charge >= 0.3 is 5.97 Å². The van der Waals surface area contributed by atoms with E-state index in [0.717, 1.165) is 16.3 Å². The average molecular weight is 312 g/mol. The Morgan fingerprint density at radius 1 is 1.24 bits per heavy atom. The van der Waals surface area contributed by atoms with E-state index in [4.69, 9.17) is 5.73 Å². The van der Waals surface area contributed by atoms with E-state index >= 15 is 0 Å². The minimum absolute atomic E-state index is 0. The smallest absolute Gasteiger partial charge is 0.342 e. The van der Waals surface area contributed by atoms with E-state index in [1.54, 1.807) is 13.0 Å². The number of ether oxygens (including phenoxy) is 1. The highest BCUT2D eigenvalue weighted by atomic mass is 35.5. The summed E-state index contributed by atoms with van der Waals surface area (Å²) < 4.78 is 18.8. The molecule has 21 heavy (non-hydrogen) atoms. The van der Waals surface area contributed by atoms with Crippen LogP contribution in [0.2, 0.25) is 0 Å². The van der Waals surface area contributed by atoms with Gasteiger partial charge in [0.1, 0.15) is 0 Å². The zero-order chi connectivity index (χ0) is 14.7. The molecular weight excluding hydrogens is 293 g/mol. The molecule has 0 saturated carbocycles. The Bertz CT molecular complexity index is 633. The number of carbonyl (C=O) groups excluding carboxylic acids is 1. The van der Waals surface area contributed by atoms with Crippen LogP contribution in [0, 0.1) is 6.92 Å². The summed E-state index contributed by atoms with van der Waals surface area (Å²) in [5.74, 6) is -0.912. The van der Waals surface area contributed by atoms with Crippen molar-refractivity contribution < 1.29 is 13.9 Å². The van der Waals surface area contributed by atoms with Gasteiger partial charge in [0.15, 0.2) is 0 Å². The molecule has 0 amide bonds. The highest BCUT2D eigenvalue weighted by molar-refractivity contribution is 5.89. The molecule has 0 aliphatic heterocycles. The Morgan fingerprint density at radius 3 is 2.48 bits per heavy atom. The summed E-state index contributed by atoms with van der Waals surface area (Å²) in [6, 6.07) is 10.3. The van der Waals surface area contributed by atoms with Crippen molar-refractivity contribution in [1.82, 2.24) is 0 Å². The molecule has 0 fully saturated rings. The third-order valence-corrected chi connectivity index (χ3v) is 3.36. The lowest BCUT2D eigenvalue weighted by Crippen LogP contribution is -2.31. The van der Waals surface area contributed by atoms with Crippen molar-refractivity contribution in [1.29, 1.82) is 0 Å². The van der Waals surface area contributed by atoms with Crippen LogP contribution in [0.3, 0.4) is 0 Å². The van der Waals surface area contributed by atoms with E-state index in [2.05, 4.69) is 4.74 Å². The second kappa shape index (κ2) is 7.38. The predicted octanol–water partition coefficient (Wildman–Crippen LogP) is 3.47. The van der Waals surface area contributed by atoms with E-state index in [1.807, 2.05) is 37.3 Å². The number of carbonyl (C=O) groups is 1. The molecule has 2 N–H and O–H groups in total. The summed E-state index contributed by atoms with van der Waals surface area (Å²) in [7, 11) is 0. The summed E-state index contributed by atoms with van der Waals surface area (Å²) in [5.41, 5.74) is 7.61. The number of hydrogen-bond acceptors (Lipinski definition) is 3. The number of rotatable bonds is 4. The van der Waals surface area contributed by atoms with Crippen molar-refractivity contribution in [3.05, 3.63) is 47.5 Å². The minimum atomic E-state index is -1.86. The Kier molecular flexibility index (Phi) is 6.12. The average Bonchev–Trinajstić information content (AvgIpc) is 2.47. The van der Waals surface area contributed by atoms with Crippen molar-refractivity contribution in [2.45, 2.75) is 26.1 Å². The van der Waals surface area contributed by atoms with Gasteiger partial charge in [0.2, 0.25) is 6.17 Å². The molecular formula is C16H19ClFNO2. The molecule has 2 rings (SSSR count). The predicted molar refractivity (Wildman–Crippen MR) is 84.4 cm³/mol. The SMILES string of the molecule is CCOC(=O)C(F)[C@H](N)c1ccc(C)c2ccccc12.Cl. The zero-order valence-electron chi connectivity index (χ0n) is 12.0. The first kappa shape index (κ1) is 17.4. The minimum Gasteiger partial charge on any atom is -0.464 e. The van der Waals surface area contributed by atoms with Crippen molar-refractivity contribution in [2.24, 2.45) is 5.73 Å². The summed E-state index contributed by atoms with van der Waals surface area (Å²) in [5, 5.41) is 1.88. The molecule has 0 aliphatic carbocycles. The molecule has 0 bridgehead atoms. The number of benzene rings is 2. The number of alkyl halides is 1. The van der Waals surface area contributed by atoms with Gasteiger partial charge in [-0.25, -0.2) is 9.18 Å². The molecule has 0 saturated heterocycles. The third-order valence-electron chi connectivity index (χ3n) is 3.36. The fourth-order valence-corrected chi connectivity index (χ4v) is 2.29. The van der Waals surface area contributed by atoms with Gasteiger partial charge in [-0.15, -0.1) is 12.4 Å². The maximum atomic E-state index is 14.1. The molecule has 2 atom stereocenters. The number of halogens is 2. The Labute approximate surface area is 129 Å². The first-order chi connectivity index (χ1) is 9.56. The van der Waals surface area contributed by atoms with Crippen molar-refractivity contribution in [2.75, 3.05) is 6.61 Å². The van der Waals surface area contributed by atoms with Crippen LogP contribution < -0.4 is 5.73 Å². The maximum Gasteiger partial charge on any atom is 0.342 e. The van der Waals surface area contributed by atoms with Crippen LogP contribution in [-0.2, 0) is 9.53 Å². The molecule has 3 nitrogen and oxygen atoms in total. The van der Waals surface area contributed by atoms with Crippen molar-refractivity contribution >= 4 is 29.1 Å². The second-order valence-corrected chi connectivity index (χ2v) is 4.70. The standard InChI is InChI=1S/C16H18FNO2.ClH/c1-3-20-16(19)14(17)15(18)13-9-8-10(2)11-6-4-5-7-12(11)13;/h4-9,14-15H,3,18H2,1-2H3;1H/t14?,15-;/m1./s1. The fourth-order valence-electron chi connectivity index (χ4n) is 2.29. The lowest BCUT2D eigenvalue weighted by Gasteiger charge is -2.18. The van der Waals surface area contributed by atoms with Gasteiger partial charge in [0.05, 0.1) is 12.6 Å². The van der Waals surface area contributed by atoms with Crippen LogP contribution in [0.5, 0.6) is 0 Å². The van der Waals surface area contributed by atoms with E-state index in [9.17, 15) is 9.18 Å². The number of aryl methyl sites for hydroxylation is 1. The molecule has 114 valence electrons. The van der Waals surface area contributed by atoms with Gasteiger partial charge in [-0.3, -0.25) is 0 Å². The van der Waals surface area contributed by atoms with Crippen LogP contribution in [0.25, 0.3) is 10.8 Å². The molecule has 1 unspecified atom stereocenters. The summed E-state index contributed by atoms with van der Waals surface area (Å²) in [6.45, 7) is 3.76. The van der Waals surface area contributed by atoms with Crippen LogP contribution in [0.1, 0.15) is 24.1 Å². The van der Waals surface area contributed by atoms with Crippen LogP contribution >= 0.6 is 12.4 Å². The van der Waals surface area contributed by atoms with Gasteiger partial charge in [-0.1, -0.05) is 36.4 Å². The van der Waals surface area contributed by atoms with Gasteiger partial charge in [-0.2, -0.15) is 0 Å². The van der Waals surface area contributed by atoms with E-state index in [0.29, 0.717) is 5.56 Å². The molecule has 0 radical (unpaired) electrons. The molecule has 0 aromatic heterocycles. The van der Waals surface area contributed by atoms with Gasteiger partial charge in [0.25, 0.3) is 0 Å². The maximum absolute atomic E-state index is 14.1. The summed E-state index contributed by atoms with van der Waals surface area (Å²) in [6.07, 6.45) is -1.86. The lowest BCUT2D eigenvalue weighted by atomic mass is 9.94. The molecule has 0 aliphatic rings. The second-order valence-electron chi connectivity index (χ2n) is 4.70. The van der Waals surface area contributed by atoms with Crippen LogP contribution in [0.15, 0.2) is 36.4 Å². The highest BCUT2D eigenvalue weighted by Crippen LogP contribution is 2.28. The van der Waals surface area contributed by atoms with E-state index in [1.165, 1.54) is 0 Å². The topological polar surface area (TPSA) is 52.3 Å². The Balaban J connectivity index is 0.00000220. The van der Waals surface area contributed by atoms with Crippen LogP contribution in [0.4, 0.5) is 4.39 Å². The molecule has 2 aromatic rings. The molecule has 0 heterocycles.